The Labute approximate surface area is 330 Å². The van der Waals surface area contributed by atoms with Gasteiger partial charge in [-0.3, -0.25) is 19.9 Å². The molecule has 5 heteroatoms. The largest absolute Gasteiger partial charge is 0.372 e. The SMILES string of the molecule is CC.CC.CC.CCCC(c1ccccc1)c1ccccn1.CCCC(c1ccccn1)c1ccccn1.CCOC(c1ccccn1)C1CCCCC1. The molecule has 1 aliphatic carbocycles. The van der Waals surface area contributed by atoms with Crippen molar-refractivity contribution in [2.24, 2.45) is 5.92 Å². The maximum Gasteiger partial charge on any atom is 0.102 e. The Morgan fingerprint density at radius 2 is 0.870 bits per heavy atom. The Bertz CT molecular complexity index is 1320. The van der Waals surface area contributed by atoms with E-state index in [1.165, 1.54) is 49.8 Å². The third kappa shape index (κ3) is 17.7. The van der Waals surface area contributed by atoms with Crippen LogP contribution in [0.4, 0.5) is 0 Å². The van der Waals surface area contributed by atoms with Crippen molar-refractivity contribution in [3.05, 3.63) is 156 Å². The molecule has 6 rings (SSSR count). The van der Waals surface area contributed by atoms with Crippen LogP contribution < -0.4 is 0 Å². The van der Waals surface area contributed by atoms with E-state index in [-0.39, 0.29) is 6.10 Å². The summed E-state index contributed by atoms with van der Waals surface area (Å²) in [6.07, 6.45) is 18.9. The summed E-state index contributed by atoms with van der Waals surface area (Å²) < 4.78 is 5.90. The molecule has 0 bridgehead atoms. The van der Waals surface area contributed by atoms with Gasteiger partial charge in [-0.05, 0) is 92.6 Å². The Balaban J connectivity index is 0.000000378. The second-order valence-corrected chi connectivity index (χ2v) is 12.4. The van der Waals surface area contributed by atoms with Gasteiger partial charge in [-0.15, -0.1) is 0 Å². The van der Waals surface area contributed by atoms with Gasteiger partial charge in [-0.25, -0.2) is 0 Å². The topological polar surface area (TPSA) is 60.8 Å². The van der Waals surface area contributed by atoms with Crippen molar-refractivity contribution in [3.63, 3.8) is 0 Å². The highest BCUT2D eigenvalue weighted by Gasteiger charge is 2.26. The van der Waals surface area contributed by atoms with Gasteiger partial charge in [0.15, 0.2) is 0 Å². The van der Waals surface area contributed by atoms with Crippen LogP contribution in [0.25, 0.3) is 0 Å². The second kappa shape index (κ2) is 32.2. The maximum absolute atomic E-state index is 5.90. The lowest BCUT2D eigenvalue weighted by Crippen LogP contribution is -2.20. The zero-order valence-corrected chi connectivity index (χ0v) is 35.2. The first-order valence-corrected chi connectivity index (χ1v) is 21.0. The molecule has 2 unspecified atom stereocenters. The summed E-state index contributed by atoms with van der Waals surface area (Å²) in [7, 11) is 0. The van der Waals surface area contributed by atoms with Crippen molar-refractivity contribution in [2.45, 2.75) is 138 Å². The Hall–Kier alpha value is -4.22. The first kappa shape index (κ1) is 47.8. The van der Waals surface area contributed by atoms with Crippen LogP contribution in [0.5, 0.6) is 0 Å². The molecule has 1 aromatic carbocycles. The van der Waals surface area contributed by atoms with Crippen molar-refractivity contribution in [1.82, 2.24) is 19.9 Å². The Morgan fingerprint density at radius 1 is 0.481 bits per heavy atom. The summed E-state index contributed by atoms with van der Waals surface area (Å²) in [5.41, 5.74) is 5.88. The number of aromatic nitrogens is 4. The number of rotatable bonds is 12. The molecule has 1 fully saturated rings. The fourth-order valence-electron chi connectivity index (χ4n) is 6.57. The van der Waals surface area contributed by atoms with E-state index >= 15 is 0 Å². The molecule has 5 aromatic rings. The van der Waals surface area contributed by atoms with E-state index in [4.69, 9.17) is 4.74 Å². The average molecular weight is 733 g/mol. The zero-order valence-electron chi connectivity index (χ0n) is 35.2. The van der Waals surface area contributed by atoms with Crippen LogP contribution in [0.15, 0.2) is 128 Å². The van der Waals surface area contributed by atoms with Crippen molar-refractivity contribution in [1.29, 1.82) is 0 Å². The lowest BCUT2D eigenvalue weighted by atomic mass is 9.84. The average Bonchev–Trinajstić information content (AvgIpc) is 3.28. The first-order chi connectivity index (χ1) is 26.7. The molecular weight excluding hydrogens is 661 g/mol. The molecule has 0 saturated heterocycles. The summed E-state index contributed by atoms with van der Waals surface area (Å²) in [6, 6.07) is 35.0. The highest BCUT2D eigenvalue weighted by Crippen LogP contribution is 2.36. The molecular formula is C49H72N4O. The van der Waals surface area contributed by atoms with Crippen molar-refractivity contribution in [2.75, 3.05) is 6.61 Å². The predicted octanol–water partition coefficient (Wildman–Crippen LogP) is 14.2. The number of nitrogens with zero attached hydrogens (tertiary/aromatic N) is 4. The number of hydrogen-bond donors (Lipinski definition) is 0. The summed E-state index contributed by atoms with van der Waals surface area (Å²) in [6.45, 7) is 19.3. The van der Waals surface area contributed by atoms with Crippen LogP contribution in [0.2, 0.25) is 0 Å². The summed E-state index contributed by atoms with van der Waals surface area (Å²) in [4.78, 5) is 17.8. The van der Waals surface area contributed by atoms with Crippen LogP contribution in [0.3, 0.4) is 0 Å². The van der Waals surface area contributed by atoms with Gasteiger partial charge < -0.3 is 4.74 Å². The molecule has 54 heavy (non-hydrogen) atoms. The third-order valence-electron chi connectivity index (χ3n) is 8.89. The van der Waals surface area contributed by atoms with E-state index in [9.17, 15) is 0 Å². The summed E-state index contributed by atoms with van der Waals surface area (Å²) >= 11 is 0. The van der Waals surface area contributed by atoms with Gasteiger partial charge in [-0.2, -0.15) is 0 Å². The Morgan fingerprint density at radius 3 is 1.26 bits per heavy atom. The van der Waals surface area contributed by atoms with E-state index in [0.29, 0.717) is 17.8 Å². The quantitative estimate of drug-likeness (QED) is 0.128. The molecule has 2 atom stereocenters. The van der Waals surface area contributed by atoms with Gasteiger partial charge in [-0.1, -0.05) is 142 Å². The molecule has 0 spiro atoms. The van der Waals surface area contributed by atoms with Crippen LogP contribution in [0, 0.1) is 5.92 Å². The molecule has 0 radical (unpaired) electrons. The smallest absolute Gasteiger partial charge is 0.102 e. The maximum atomic E-state index is 5.90. The van der Waals surface area contributed by atoms with Crippen LogP contribution in [0.1, 0.15) is 166 Å². The van der Waals surface area contributed by atoms with Crippen LogP contribution in [-0.2, 0) is 4.74 Å². The van der Waals surface area contributed by atoms with Crippen molar-refractivity contribution >= 4 is 0 Å². The van der Waals surface area contributed by atoms with E-state index in [2.05, 4.69) is 107 Å². The van der Waals surface area contributed by atoms with Crippen molar-refractivity contribution in [3.8, 4) is 0 Å². The van der Waals surface area contributed by atoms with Crippen molar-refractivity contribution < 1.29 is 4.74 Å². The number of benzene rings is 1. The molecule has 4 aromatic heterocycles. The molecule has 0 amide bonds. The van der Waals surface area contributed by atoms with Gasteiger partial charge in [0, 0.05) is 60.3 Å². The molecule has 5 nitrogen and oxygen atoms in total. The van der Waals surface area contributed by atoms with Crippen LogP contribution in [-0.4, -0.2) is 26.5 Å². The third-order valence-corrected chi connectivity index (χ3v) is 8.89. The van der Waals surface area contributed by atoms with E-state index in [1.807, 2.05) is 103 Å². The highest BCUT2D eigenvalue weighted by molar-refractivity contribution is 5.28. The van der Waals surface area contributed by atoms with E-state index < -0.39 is 0 Å². The van der Waals surface area contributed by atoms with E-state index in [0.717, 1.165) is 43.0 Å². The molecule has 0 aliphatic heterocycles. The molecule has 4 heterocycles. The monoisotopic (exact) mass is 733 g/mol. The fourth-order valence-corrected chi connectivity index (χ4v) is 6.57. The van der Waals surface area contributed by atoms with Gasteiger partial charge in [0.1, 0.15) is 6.10 Å². The minimum Gasteiger partial charge on any atom is -0.372 e. The highest BCUT2D eigenvalue weighted by atomic mass is 16.5. The summed E-state index contributed by atoms with van der Waals surface area (Å²) in [5, 5.41) is 0. The minimum atomic E-state index is 0.214. The van der Waals surface area contributed by atoms with Gasteiger partial charge >= 0.3 is 0 Å². The molecule has 294 valence electrons. The normalized spacial score (nSPS) is 12.9. The van der Waals surface area contributed by atoms with Gasteiger partial charge in [0.05, 0.1) is 5.69 Å². The lowest BCUT2D eigenvalue weighted by molar-refractivity contribution is 0.00285. The fraction of sp³-hybridized carbons (Fsp3) is 0.469. The lowest BCUT2D eigenvalue weighted by Gasteiger charge is -2.29. The minimum absolute atomic E-state index is 0.214. The first-order valence-electron chi connectivity index (χ1n) is 21.0. The standard InChI is InChI=1S/C15H17N.C14H16N2.C14H21NO.3C2H6/c1-2-8-14(13-9-4-3-5-10-13)15-11-6-7-12-16-15;1-2-7-12(13-8-3-5-10-15-13)14-9-4-6-11-16-14;1-2-16-14(12-8-4-3-5-9-12)13-10-6-7-11-15-13;3*1-2/h3-7,9-12,14H,2,8H2,1H3;3-6,8-12H,2,7H2,1H3;6-7,10-12,14H,2-5,8-9H2,1H3;3*1-2H3. The second-order valence-electron chi connectivity index (χ2n) is 12.4. The summed E-state index contributed by atoms with van der Waals surface area (Å²) in [5.74, 6) is 1.43. The van der Waals surface area contributed by atoms with Gasteiger partial charge in [0.2, 0.25) is 0 Å². The van der Waals surface area contributed by atoms with Crippen LogP contribution >= 0.6 is 0 Å². The molecule has 1 aliphatic rings. The number of pyridine rings is 4. The molecule has 0 N–H and O–H groups in total. The van der Waals surface area contributed by atoms with Gasteiger partial charge in [0.25, 0.3) is 0 Å². The molecule has 1 saturated carbocycles. The Kier molecular flexibility index (Phi) is 28.5. The number of ether oxygens (including phenoxy) is 1. The predicted molar refractivity (Wildman–Crippen MR) is 232 cm³/mol. The zero-order chi connectivity index (χ0) is 39.7. The number of hydrogen-bond acceptors (Lipinski definition) is 5. The van der Waals surface area contributed by atoms with E-state index in [1.54, 1.807) is 0 Å².